The fraction of sp³-hybridized carbons (Fsp3) is 0.364. The van der Waals surface area contributed by atoms with Crippen molar-refractivity contribution < 1.29 is 9.59 Å². The van der Waals surface area contributed by atoms with Crippen LogP contribution < -0.4 is 15.1 Å². The minimum Gasteiger partial charge on any atom is -0.333 e. The van der Waals surface area contributed by atoms with Crippen LogP contribution in [0.1, 0.15) is 31.7 Å². The molecule has 0 bridgehead atoms. The van der Waals surface area contributed by atoms with E-state index in [-0.39, 0.29) is 18.0 Å². The Morgan fingerprint density at radius 1 is 1.15 bits per heavy atom. The highest BCUT2D eigenvalue weighted by Gasteiger charge is 2.32. The lowest BCUT2D eigenvalue weighted by Gasteiger charge is -2.25. The third-order valence-electron chi connectivity index (χ3n) is 4.85. The van der Waals surface area contributed by atoms with Crippen LogP contribution in [-0.4, -0.2) is 31.1 Å². The summed E-state index contributed by atoms with van der Waals surface area (Å²) in [5.74, 6) is 0.0453. The number of carbonyl (C=O) groups excluding carboxylic acids is 2. The molecule has 1 saturated heterocycles. The maximum absolute atomic E-state index is 12.9. The SMILES string of the molecule is CCCCN(C(=O)N[C@@H]1CC(=O)N(c2ccc(C)cc2)C1)c1ccccc1. The summed E-state index contributed by atoms with van der Waals surface area (Å²) in [5.41, 5.74) is 2.92. The molecule has 2 aromatic carbocycles. The van der Waals surface area contributed by atoms with Gasteiger partial charge in [-0.25, -0.2) is 4.79 Å². The second-order valence-corrected chi connectivity index (χ2v) is 7.03. The molecule has 3 rings (SSSR count). The van der Waals surface area contributed by atoms with Crippen molar-refractivity contribution in [2.75, 3.05) is 22.9 Å². The summed E-state index contributed by atoms with van der Waals surface area (Å²) in [6, 6.07) is 17.3. The Morgan fingerprint density at radius 3 is 2.52 bits per heavy atom. The van der Waals surface area contributed by atoms with E-state index in [1.54, 1.807) is 9.80 Å². The number of carbonyl (C=O) groups is 2. The Hall–Kier alpha value is -2.82. The van der Waals surface area contributed by atoms with Crippen molar-refractivity contribution in [3.05, 3.63) is 60.2 Å². The van der Waals surface area contributed by atoms with Crippen LogP contribution in [0.2, 0.25) is 0 Å². The Bertz CT molecular complexity index is 774. The Labute approximate surface area is 161 Å². The highest BCUT2D eigenvalue weighted by atomic mass is 16.2. The molecule has 0 radical (unpaired) electrons. The van der Waals surface area contributed by atoms with Gasteiger partial charge in [-0.05, 0) is 37.6 Å². The first-order valence-electron chi connectivity index (χ1n) is 9.58. The third kappa shape index (κ3) is 4.67. The maximum atomic E-state index is 12.9. The summed E-state index contributed by atoms with van der Waals surface area (Å²) in [5, 5.41) is 3.05. The predicted octanol–water partition coefficient (Wildman–Crippen LogP) is 4.12. The molecule has 0 aromatic heterocycles. The normalized spacial score (nSPS) is 16.4. The van der Waals surface area contributed by atoms with Crippen molar-refractivity contribution in [3.8, 4) is 0 Å². The monoisotopic (exact) mass is 365 g/mol. The van der Waals surface area contributed by atoms with Crippen molar-refractivity contribution in [3.63, 3.8) is 0 Å². The van der Waals surface area contributed by atoms with Crippen LogP contribution in [0.15, 0.2) is 54.6 Å². The minimum atomic E-state index is -0.181. The van der Waals surface area contributed by atoms with Gasteiger partial charge in [-0.3, -0.25) is 9.69 Å². The van der Waals surface area contributed by atoms with Crippen LogP contribution in [0.3, 0.4) is 0 Å². The van der Waals surface area contributed by atoms with Crippen LogP contribution in [-0.2, 0) is 4.79 Å². The van der Waals surface area contributed by atoms with Gasteiger partial charge in [-0.2, -0.15) is 0 Å². The van der Waals surface area contributed by atoms with E-state index in [1.807, 2.05) is 61.5 Å². The largest absolute Gasteiger partial charge is 0.333 e. The molecule has 5 nitrogen and oxygen atoms in total. The fourth-order valence-electron chi connectivity index (χ4n) is 3.30. The molecular weight excluding hydrogens is 338 g/mol. The maximum Gasteiger partial charge on any atom is 0.322 e. The van der Waals surface area contributed by atoms with E-state index in [0.717, 1.165) is 29.8 Å². The van der Waals surface area contributed by atoms with E-state index in [4.69, 9.17) is 0 Å². The first-order valence-corrected chi connectivity index (χ1v) is 9.58. The van der Waals surface area contributed by atoms with Crippen molar-refractivity contribution in [1.82, 2.24) is 5.32 Å². The van der Waals surface area contributed by atoms with E-state index in [1.165, 1.54) is 0 Å². The summed E-state index contributed by atoms with van der Waals surface area (Å²) in [4.78, 5) is 28.8. The lowest BCUT2D eigenvalue weighted by atomic mass is 10.2. The molecule has 1 fully saturated rings. The number of benzene rings is 2. The Kier molecular flexibility index (Phi) is 6.12. The number of para-hydroxylation sites is 1. The van der Waals surface area contributed by atoms with Crippen LogP contribution in [0.4, 0.5) is 16.2 Å². The number of nitrogens with one attached hydrogen (secondary N) is 1. The number of nitrogens with zero attached hydrogens (tertiary/aromatic N) is 2. The van der Waals surface area contributed by atoms with Crippen molar-refractivity contribution in [1.29, 1.82) is 0 Å². The molecule has 1 aliphatic heterocycles. The molecule has 1 N–H and O–H groups in total. The van der Waals surface area contributed by atoms with Gasteiger partial charge in [0.25, 0.3) is 0 Å². The quantitative estimate of drug-likeness (QED) is 0.837. The zero-order valence-electron chi connectivity index (χ0n) is 16.0. The summed E-state index contributed by atoms with van der Waals surface area (Å²) in [6.45, 7) is 5.29. The highest BCUT2D eigenvalue weighted by Crippen LogP contribution is 2.22. The number of urea groups is 1. The molecule has 1 heterocycles. The number of unbranched alkanes of at least 4 members (excludes halogenated alkanes) is 1. The van der Waals surface area contributed by atoms with Gasteiger partial charge in [0.1, 0.15) is 0 Å². The van der Waals surface area contributed by atoms with Crippen LogP contribution in [0.5, 0.6) is 0 Å². The zero-order chi connectivity index (χ0) is 19.2. The molecule has 0 aliphatic carbocycles. The van der Waals surface area contributed by atoms with E-state index in [9.17, 15) is 9.59 Å². The first kappa shape index (κ1) is 19.0. The number of aryl methyl sites for hydroxylation is 1. The predicted molar refractivity (Wildman–Crippen MR) is 109 cm³/mol. The van der Waals surface area contributed by atoms with E-state index in [2.05, 4.69) is 12.2 Å². The molecule has 0 saturated carbocycles. The lowest BCUT2D eigenvalue weighted by Crippen LogP contribution is -2.46. The van der Waals surface area contributed by atoms with Gasteiger partial charge >= 0.3 is 6.03 Å². The van der Waals surface area contributed by atoms with E-state index < -0.39 is 0 Å². The standard InChI is InChI=1S/C22H27N3O2/c1-3-4-14-24(19-8-6-5-7-9-19)22(27)23-18-15-21(26)25(16-18)20-12-10-17(2)11-13-20/h5-13,18H,3-4,14-16H2,1-2H3,(H,23,27)/t18-/m1/s1. The summed E-state index contributed by atoms with van der Waals surface area (Å²) < 4.78 is 0. The number of rotatable bonds is 6. The smallest absolute Gasteiger partial charge is 0.322 e. The topological polar surface area (TPSA) is 52.7 Å². The van der Waals surface area contributed by atoms with Gasteiger partial charge in [0.15, 0.2) is 0 Å². The average Bonchev–Trinajstić information content (AvgIpc) is 3.03. The highest BCUT2D eigenvalue weighted by molar-refractivity contribution is 5.98. The summed E-state index contributed by atoms with van der Waals surface area (Å²) in [7, 11) is 0. The molecule has 5 heteroatoms. The number of hydrogen-bond donors (Lipinski definition) is 1. The lowest BCUT2D eigenvalue weighted by molar-refractivity contribution is -0.117. The number of anilines is 2. The summed E-state index contributed by atoms with van der Waals surface area (Å²) >= 11 is 0. The van der Waals surface area contributed by atoms with Crippen molar-refractivity contribution >= 4 is 23.3 Å². The van der Waals surface area contributed by atoms with Gasteiger partial charge in [-0.15, -0.1) is 0 Å². The molecule has 1 atom stereocenters. The molecule has 2 aromatic rings. The second kappa shape index (κ2) is 8.71. The van der Waals surface area contributed by atoms with Gasteiger partial charge in [-0.1, -0.05) is 49.2 Å². The number of amides is 3. The van der Waals surface area contributed by atoms with Crippen molar-refractivity contribution in [2.45, 2.75) is 39.2 Å². The molecular formula is C22H27N3O2. The average molecular weight is 365 g/mol. The van der Waals surface area contributed by atoms with Gasteiger partial charge in [0.05, 0.1) is 6.04 Å². The first-order chi connectivity index (χ1) is 13.1. The van der Waals surface area contributed by atoms with Gasteiger partial charge < -0.3 is 10.2 Å². The number of hydrogen-bond acceptors (Lipinski definition) is 2. The Balaban J connectivity index is 1.67. The van der Waals surface area contributed by atoms with Crippen LogP contribution in [0.25, 0.3) is 0 Å². The Morgan fingerprint density at radius 2 is 1.85 bits per heavy atom. The van der Waals surface area contributed by atoms with E-state index >= 15 is 0 Å². The molecule has 1 aliphatic rings. The van der Waals surface area contributed by atoms with Gasteiger partial charge in [0, 0.05) is 30.9 Å². The van der Waals surface area contributed by atoms with Crippen molar-refractivity contribution in [2.24, 2.45) is 0 Å². The van der Waals surface area contributed by atoms with Gasteiger partial charge in [0.2, 0.25) is 5.91 Å². The summed E-state index contributed by atoms with van der Waals surface area (Å²) in [6.07, 6.45) is 2.27. The fourth-order valence-corrected chi connectivity index (χ4v) is 3.30. The van der Waals surface area contributed by atoms with Crippen LogP contribution in [0, 0.1) is 6.92 Å². The molecule has 0 spiro atoms. The third-order valence-corrected chi connectivity index (χ3v) is 4.85. The second-order valence-electron chi connectivity index (χ2n) is 7.03. The molecule has 0 unspecified atom stereocenters. The molecule has 3 amide bonds. The zero-order valence-corrected chi connectivity index (χ0v) is 16.0. The van der Waals surface area contributed by atoms with Crippen LogP contribution >= 0.6 is 0 Å². The van der Waals surface area contributed by atoms with E-state index in [0.29, 0.717) is 19.5 Å². The minimum absolute atomic E-state index is 0.0453. The molecule has 142 valence electrons. The molecule has 27 heavy (non-hydrogen) atoms.